The van der Waals surface area contributed by atoms with Crippen LogP contribution in [0.1, 0.15) is 12.5 Å². The van der Waals surface area contributed by atoms with E-state index in [0.29, 0.717) is 19.1 Å². The van der Waals surface area contributed by atoms with Crippen LogP contribution in [0, 0.1) is 11.8 Å². The summed E-state index contributed by atoms with van der Waals surface area (Å²) < 4.78 is 11.3. The summed E-state index contributed by atoms with van der Waals surface area (Å²) >= 11 is 0. The van der Waals surface area contributed by atoms with E-state index in [1.54, 1.807) is 0 Å². The van der Waals surface area contributed by atoms with Gasteiger partial charge in [0.2, 0.25) is 5.91 Å². The molecule has 2 saturated heterocycles. The van der Waals surface area contributed by atoms with Gasteiger partial charge in [-0.25, -0.2) is 0 Å². The first-order valence-electron chi connectivity index (χ1n) is 9.23. The number of ether oxygens (including phenoxy) is 2. The Hall–Kier alpha value is -1.63. The number of hydrogen-bond acceptors (Lipinski definition) is 5. The third kappa shape index (κ3) is 5.17. The normalized spacial score (nSPS) is 19.9. The smallest absolute Gasteiger partial charge is 0.223 e. The number of nitrogens with zero attached hydrogens (tertiary/aromatic N) is 1. The third-order valence-electron chi connectivity index (χ3n) is 5.13. The molecule has 1 aromatic carbocycles. The van der Waals surface area contributed by atoms with Crippen LogP contribution in [-0.4, -0.2) is 63.4 Å². The van der Waals surface area contributed by atoms with E-state index in [2.05, 4.69) is 15.5 Å². The molecule has 138 valence electrons. The van der Waals surface area contributed by atoms with E-state index in [0.717, 1.165) is 57.3 Å². The number of amides is 1. The zero-order valence-electron chi connectivity index (χ0n) is 15.0. The van der Waals surface area contributed by atoms with E-state index in [-0.39, 0.29) is 11.8 Å². The second kappa shape index (κ2) is 9.17. The van der Waals surface area contributed by atoms with Crippen molar-refractivity contribution >= 4 is 5.91 Å². The number of para-hydroxylation sites is 1. The Labute approximate surface area is 149 Å². The number of nitrogens with one attached hydrogen (secondary N) is 2. The fourth-order valence-corrected chi connectivity index (χ4v) is 3.12. The molecule has 1 aromatic rings. The lowest BCUT2D eigenvalue weighted by atomic mass is 9.88. The van der Waals surface area contributed by atoms with Crippen molar-refractivity contribution in [2.45, 2.75) is 13.5 Å². The molecular formula is C19H29N3O3. The summed E-state index contributed by atoms with van der Waals surface area (Å²) in [4.78, 5) is 14.6. The van der Waals surface area contributed by atoms with Gasteiger partial charge in [0.15, 0.2) is 0 Å². The van der Waals surface area contributed by atoms with Crippen molar-refractivity contribution in [2.24, 2.45) is 11.8 Å². The van der Waals surface area contributed by atoms with E-state index in [4.69, 9.17) is 9.47 Å². The second-order valence-electron chi connectivity index (χ2n) is 6.84. The molecule has 2 aliphatic rings. The quantitative estimate of drug-likeness (QED) is 0.731. The summed E-state index contributed by atoms with van der Waals surface area (Å²) in [7, 11) is 0. The lowest BCUT2D eigenvalue weighted by Crippen LogP contribution is -2.49. The fraction of sp³-hybridized carbons (Fsp3) is 0.632. The topological polar surface area (TPSA) is 62.8 Å². The number of carbonyl (C=O) groups excluding carboxylic acids is 1. The second-order valence-corrected chi connectivity index (χ2v) is 6.84. The van der Waals surface area contributed by atoms with Crippen molar-refractivity contribution in [1.82, 2.24) is 15.5 Å². The molecule has 2 fully saturated rings. The molecule has 0 saturated carbocycles. The van der Waals surface area contributed by atoms with Gasteiger partial charge in [-0.05, 0) is 25.1 Å². The van der Waals surface area contributed by atoms with Crippen LogP contribution in [0.5, 0.6) is 5.75 Å². The molecule has 0 aliphatic carbocycles. The van der Waals surface area contributed by atoms with Crippen LogP contribution in [0.4, 0.5) is 0 Å². The third-order valence-corrected chi connectivity index (χ3v) is 5.13. The summed E-state index contributed by atoms with van der Waals surface area (Å²) in [5, 5.41) is 6.27. The molecular weight excluding hydrogens is 318 g/mol. The first kappa shape index (κ1) is 18.2. The lowest BCUT2D eigenvalue weighted by Gasteiger charge is -2.31. The summed E-state index contributed by atoms with van der Waals surface area (Å²) in [5.74, 6) is 1.49. The van der Waals surface area contributed by atoms with Crippen molar-refractivity contribution in [3.63, 3.8) is 0 Å². The fourth-order valence-electron chi connectivity index (χ4n) is 3.12. The summed E-state index contributed by atoms with van der Waals surface area (Å²) in [6.45, 7) is 9.48. The van der Waals surface area contributed by atoms with Crippen molar-refractivity contribution in [1.29, 1.82) is 0 Å². The molecule has 0 spiro atoms. The highest BCUT2D eigenvalue weighted by Gasteiger charge is 2.28. The highest BCUT2D eigenvalue weighted by Crippen LogP contribution is 2.19. The Morgan fingerprint density at radius 1 is 1.36 bits per heavy atom. The average molecular weight is 347 g/mol. The highest BCUT2D eigenvalue weighted by molar-refractivity contribution is 5.78. The maximum absolute atomic E-state index is 12.3. The van der Waals surface area contributed by atoms with Crippen molar-refractivity contribution < 1.29 is 14.3 Å². The summed E-state index contributed by atoms with van der Waals surface area (Å²) in [6.07, 6.45) is 0. The van der Waals surface area contributed by atoms with E-state index >= 15 is 0 Å². The van der Waals surface area contributed by atoms with Gasteiger partial charge in [0.1, 0.15) is 12.4 Å². The molecule has 6 nitrogen and oxygen atoms in total. The van der Waals surface area contributed by atoms with Gasteiger partial charge in [0, 0.05) is 37.7 Å². The number of morpholine rings is 1. The van der Waals surface area contributed by atoms with Crippen LogP contribution < -0.4 is 15.4 Å². The number of carbonyl (C=O) groups is 1. The maximum atomic E-state index is 12.3. The number of hydrogen-bond donors (Lipinski definition) is 2. The maximum Gasteiger partial charge on any atom is 0.223 e. The molecule has 1 amide bonds. The zero-order chi connectivity index (χ0) is 17.5. The van der Waals surface area contributed by atoms with Gasteiger partial charge in [-0.1, -0.05) is 25.1 Å². The predicted molar refractivity (Wildman–Crippen MR) is 96.6 cm³/mol. The molecule has 0 radical (unpaired) electrons. The molecule has 0 bridgehead atoms. The zero-order valence-corrected chi connectivity index (χ0v) is 15.0. The molecule has 1 atom stereocenters. The Morgan fingerprint density at radius 3 is 2.84 bits per heavy atom. The summed E-state index contributed by atoms with van der Waals surface area (Å²) in [6, 6.07) is 7.94. The number of benzene rings is 1. The average Bonchev–Trinajstić information content (AvgIpc) is 2.60. The lowest BCUT2D eigenvalue weighted by molar-refractivity contribution is -0.126. The van der Waals surface area contributed by atoms with Crippen LogP contribution in [0.25, 0.3) is 0 Å². The van der Waals surface area contributed by atoms with Crippen LogP contribution >= 0.6 is 0 Å². The Bertz CT molecular complexity index is 557. The monoisotopic (exact) mass is 347 g/mol. The van der Waals surface area contributed by atoms with E-state index < -0.39 is 0 Å². The Kier molecular flexibility index (Phi) is 6.67. The van der Waals surface area contributed by atoms with Crippen LogP contribution in [0.2, 0.25) is 0 Å². The summed E-state index contributed by atoms with van der Waals surface area (Å²) in [5.41, 5.74) is 1.02. The molecule has 0 aromatic heterocycles. The van der Waals surface area contributed by atoms with Crippen LogP contribution in [-0.2, 0) is 16.1 Å². The molecule has 1 unspecified atom stereocenters. The first-order valence-corrected chi connectivity index (χ1v) is 9.23. The number of rotatable bonds is 8. The first-order chi connectivity index (χ1) is 12.2. The van der Waals surface area contributed by atoms with Gasteiger partial charge in [-0.15, -0.1) is 0 Å². The minimum absolute atomic E-state index is 0.0515. The van der Waals surface area contributed by atoms with Crippen molar-refractivity contribution in [3.8, 4) is 5.75 Å². The molecule has 25 heavy (non-hydrogen) atoms. The molecule has 6 heteroatoms. The highest BCUT2D eigenvalue weighted by atomic mass is 16.5. The minimum atomic E-state index is 0.0515. The van der Waals surface area contributed by atoms with Crippen LogP contribution in [0.15, 0.2) is 24.3 Å². The van der Waals surface area contributed by atoms with Crippen LogP contribution in [0.3, 0.4) is 0 Å². The molecule has 3 rings (SSSR count). The largest absolute Gasteiger partial charge is 0.492 e. The SMILES string of the molecule is CC(C(=O)NCc1ccccc1OCCN1CCOCC1)C1CNC1. The van der Waals surface area contributed by atoms with Crippen molar-refractivity contribution in [2.75, 3.05) is 52.5 Å². The minimum Gasteiger partial charge on any atom is -0.492 e. The van der Waals surface area contributed by atoms with E-state index in [9.17, 15) is 4.79 Å². The van der Waals surface area contributed by atoms with Gasteiger partial charge in [-0.3, -0.25) is 9.69 Å². The van der Waals surface area contributed by atoms with E-state index in [1.807, 2.05) is 31.2 Å². The molecule has 2 aliphatic heterocycles. The van der Waals surface area contributed by atoms with Crippen molar-refractivity contribution in [3.05, 3.63) is 29.8 Å². The standard InChI is InChI=1S/C19H29N3O3/c1-15(17-12-20-13-17)19(23)21-14-16-4-2-3-5-18(16)25-11-8-22-6-9-24-10-7-22/h2-5,15,17,20H,6-14H2,1H3,(H,21,23). The van der Waals surface area contributed by atoms with Gasteiger partial charge < -0.3 is 20.1 Å². The van der Waals surface area contributed by atoms with E-state index in [1.165, 1.54) is 0 Å². The van der Waals surface area contributed by atoms with Gasteiger partial charge in [0.25, 0.3) is 0 Å². The molecule has 2 heterocycles. The van der Waals surface area contributed by atoms with Gasteiger partial charge in [0.05, 0.1) is 13.2 Å². The Morgan fingerprint density at radius 2 is 2.12 bits per heavy atom. The van der Waals surface area contributed by atoms with Gasteiger partial charge in [-0.2, -0.15) is 0 Å². The Balaban J connectivity index is 1.45. The molecule has 2 N–H and O–H groups in total. The van der Waals surface area contributed by atoms with Gasteiger partial charge >= 0.3 is 0 Å². The predicted octanol–water partition coefficient (Wildman–Crippen LogP) is 0.869.